The highest BCUT2D eigenvalue weighted by Gasteiger charge is 2.25. The van der Waals surface area contributed by atoms with Gasteiger partial charge in [0.25, 0.3) is 11.8 Å². The Hall–Kier alpha value is -3.42. The third-order valence-corrected chi connectivity index (χ3v) is 5.70. The van der Waals surface area contributed by atoms with Crippen molar-refractivity contribution in [2.75, 3.05) is 48.1 Å². The number of likely N-dealkylation sites (tertiary alicyclic amines) is 1. The van der Waals surface area contributed by atoms with Gasteiger partial charge in [0.05, 0.1) is 28.4 Å². The Balaban J connectivity index is 1.53. The number of methoxy groups -OCH3 is 4. The standard InChI is InChI=1S/C24H30N2O6/c1-29-19-11-18(12-20(14-19)30-2)23(27)25-15-16-7-9-26(10-8-16)24(28)17-5-6-21(31-3)22(13-17)32-4/h5-6,11-14,16H,7-10,15H2,1-4H3,(H,25,27). The number of ether oxygens (including phenoxy) is 4. The van der Waals surface area contributed by atoms with Gasteiger partial charge in [-0.05, 0) is 49.1 Å². The fourth-order valence-electron chi connectivity index (χ4n) is 3.77. The second-order valence-corrected chi connectivity index (χ2v) is 7.62. The van der Waals surface area contributed by atoms with Gasteiger partial charge < -0.3 is 29.2 Å². The van der Waals surface area contributed by atoms with Crippen molar-refractivity contribution >= 4 is 11.8 Å². The molecule has 1 N–H and O–H groups in total. The summed E-state index contributed by atoms with van der Waals surface area (Å²) in [6, 6.07) is 10.3. The molecule has 0 aromatic heterocycles. The molecule has 3 rings (SSSR count). The van der Waals surface area contributed by atoms with E-state index in [0.29, 0.717) is 59.7 Å². The molecule has 0 bridgehead atoms. The van der Waals surface area contributed by atoms with Gasteiger partial charge in [-0.3, -0.25) is 9.59 Å². The molecule has 1 saturated heterocycles. The molecule has 32 heavy (non-hydrogen) atoms. The van der Waals surface area contributed by atoms with Gasteiger partial charge in [0.1, 0.15) is 11.5 Å². The zero-order chi connectivity index (χ0) is 23.1. The minimum absolute atomic E-state index is 0.0306. The quantitative estimate of drug-likeness (QED) is 0.676. The van der Waals surface area contributed by atoms with Gasteiger partial charge in [0.2, 0.25) is 0 Å². The van der Waals surface area contributed by atoms with Crippen LogP contribution in [0.3, 0.4) is 0 Å². The molecule has 0 spiro atoms. The smallest absolute Gasteiger partial charge is 0.253 e. The normalized spacial score (nSPS) is 13.9. The maximum absolute atomic E-state index is 12.9. The van der Waals surface area contributed by atoms with E-state index in [2.05, 4.69) is 5.32 Å². The van der Waals surface area contributed by atoms with Crippen molar-refractivity contribution in [1.29, 1.82) is 0 Å². The molecule has 172 valence electrons. The summed E-state index contributed by atoms with van der Waals surface area (Å²) < 4.78 is 21.0. The van der Waals surface area contributed by atoms with Crippen molar-refractivity contribution in [3.8, 4) is 23.0 Å². The number of nitrogens with one attached hydrogen (secondary N) is 1. The van der Waals surface area contributed by atoms with Gasteiger partial charge in [-0.1, -0.05) is 0 Å². The molecule has 1 aliphatic heterocycles. The van der Waals surface area contributed by atoms with Gasteiger partial charge in [0, 0.05) is 36.8 Å². The second kappa shape index (κ2) is 10.7. The molecule has 0 aliphatic carbocycles. The molecule has 1 heterocycles. The molecular formula is C24H30N2O6. The molecule has 2 aromatic carbocycles. The van der Waals surface area contributed by atoms with Crippen molar-refractivity contribution in [1.82, 2.24) is 10.2 Å². The molecule has 0 atom stereocenters. The maximum Gasteiger partial charge on any atom is 0.253 e. The maximum atomic E-state index is 12.9. The van der Waals surface area contributed by atoms with E-state index >= 15 is 0 Å². The van der Waals surface area contributed by atoms with Crippen LogP contribution in [-0.4, -0.2) is 64.8 Å². The van der Waals surface area contributed by atoms with Crippen LogP contribution in [0.5, 0.6) is 23.0 Å². The zero-order valence-corrected chi connectivity index (χ0v) is 19.0. The number of piperidine rings is 1. The molecule has 8 heteroatoms. The number of carbonyl (C=O) groups excluding carboxylic acids is 2. The summed E-state index contributed by atoms with van der Waals surface area (Å²) >= 11 is 0. The largest absolute Gasteiger partial charge is 0.497 e. The van der Waals surface area contributed by atoms with E-state index < -0.39 is 0 Å². The van der Waals surface area contributed by atoms with Crippen molar-refractivity contribution in [3.63, 3.8) is 0 Å². The Kier molecular flexibility index (Phi) is 7.81. The summed E-state index contributed by atoms with van der Waals surface area (Å²) in [6.45, 7) is 1.83. The summed E-state index contributed by atoms with van der Waals surface area (Å²) in [5.41, 5.74) is 1.06. The lowest BCUT2D eigenvalue weighted by atomic mass is 9.96. The predicted molar refractivity (Wildman–Crippen MR) is 120 cm³/mol. The average Bonchev–Trinajstić information content (AvgIpc) is 2.86. The predicted octanol–water partition coefficient (Wildman–Crippen LogP) is 3.00. The lowest BCUT2D eigenvalue weighted by molar-refractivity contribution is 0.0684. The summed E-state index contributed by atoms with van der Waals surface area (Å²) in [4.78, 5) is 27.3. The molecule has 2 aromatic rings. The minimum Gasteiger partial charge on any atom is -0.497 e. The fraction of sp³-hybridized carbons (Fsp3) is 0.417. The van der Waals surface area contributed by atoms with Crippen LogP contribution in [0, 0.1) is 5.92 Å². The van der Waals surface area contributed by atoms with E-state index in [1.807, 2.05) is 4.90 Å². The van der Waals surface area contributed by atoms with E-state index in [9.17, 15) is 9.59 Å². The van der Waals surface area contributed by atoms with Crippen LogP contribution in [0.1, 0.15) is 33.6 Å². The number of amides is 2. The van der Waals surface area contributed by atoms with Gasteiger partial charge in [-0.2, -0.15) is 0 Å². The van der Waals surface area contributed by atoms with Crippen LogP contribution < -0.4 is 24.3 Å². The van der Waals surface area contributed by atoms with Gasteiger partial charge >= 0.3 is 0 Å². The van der Waals surface area contributed by atoms with Crippen molar-refractivity contribution < 1.29 is 28.5 Å². The number of benzene rings is 2. The topological polar surface area (TPSA) is 86.3 Å². The SMILES string of the molecule is COc1cc(OC)cc(C(=O)NCC2CCN(C(=O)c3ccc(OC)c(OC)c3)CC2)c1. The monoisotopic (exact) mass is 442 g/mol. The molecule has 0 unspecified atom stereocenters. The Morgan fingerprint density at radius 2 is 1.47 bits per heavy atom. The van der Waals surface area contributed by atoms with Crippen LogP contribution in [0.25, 0.3) is 0 Å². The van der Waals surface area contributed by atoms with E-state index in [1.54, 1.807) is 64.8 Å². The van der Waals surface area contributed by atoms with E-state index in [0.717, 1.165) is 12.8 Å². The molecule has 0 saturated carbocycles. The van der Waals surface area contributed by atoms with Crippen LogP contribution in [0.2, 0.25) is 0 Å². The Morgan fingerprint density at radius 1 is 0.844 bits per heavy atom. The minimum atomic E-state index is -0.175. The molecule has 8 nitrogen and oxygen atoms in total. The summed E-state index contributed by atoms with van der Waals surface area (Å²) in [6.07, 6.45) is 1.64. The fourth-order valence-corrected chi connectivity index (χ4v) is 3.77. The second-order valence-electron chi connectivity index (χ2n) is 7.62. The molecule has 1 fully saturated rings. The van der Waals surface area contributed by atoms with Gasteiger partial charge in [-0.15, -0.1) is 0 Å². The van der Waals surface area contributed by atoms with Crippen molar-refractivity contribution in [3.05, 3.63) is 47.5 Å². The van der Waals surface area contributed by atoms with Crippen LogP contribution >= 0.6 is 0 Å². The lowest BCUT2D eigenvalue weighted by Crippen LogP contribution is -2.41. The molecule has 2 amide bonds. The third-order valence-electron chi connectivity index (χ3n) is 5.70. The summed E-state index contributed by atoms with van der Waals surface area (Å²) in [5.74, 6) is 2.36. The summed E-state index contributed by atoms with van der Waals surface area (Å²) in [7, 11) is 6.21. The van der Waals surface area contributed by atoms with Gasteiger partial charge in [0.15, 0.2) is 11.5 Å². The number of rotatable bonds is 8. The average molecular weight is 443 g/mol. The van der Waals surface area contributed by atoms with E-state index in [-0.39, 0.29) is 11.8 Å². The molecule has 0 radical (unpaired) electrons. The Bertz CT molecular complexity index is 931. The first-order valence-corrected chi connectivity index (χ1v) is 10.5. The van der Waals surface area contributed by atoms with Crippen LogP contribution in [0.4, 0.5) is 0 Å². The van der Waals surface area contributed by atoms with Crippen molar-refractivity contribution in [2.45, 2.75) is 12.8 Å². The highest BCUT2D eigenvalue weighted by molar-refractivity contribution is 5.95. The first kappa shape index (κ1) is 23.2. The first-order chi connectivity index (χ1) is 15.5. The number of hydrogen-bond acceptors (Lipinski definition) is 6. The highest BCUT2D eigenvalue weighted by Crippen LogP contribution is 2.29. The first-order valence-electron chi connectivity index (χ1n) is 10.5. The Labute approximate surface area is 188 Å². The van der Waals surface area contributed by atoms with E-state index in [1.165, 1.54) is 0 Å². The van der Waals surface area contributed by atoms with Crippen molar-refractivity contribution in [2.24, 2.45) is 5.92 Å². The molecule has 1 aliphatic rings. The third kappa shape index (κ3) is 5.43. The van der Waals surface area contributed by atoms with E-state index in [4.69, 9.17) is 18.9 Å². The summed E-state index contributed by atoms with van der Waals surface area (Å²) in [5, 5.41) is 2.99. The number of carbonyl (C=O) groups is 2. The highest BCUT2D eigenvalue weighted by atomic mass is 16.5. The molecular weight excluding hydrogens is 412 g/mol. The lowest BCUT2D eigenvalue weighted by Gasteiger charge is -2.32. The number of hydrogen-bond donors (Lipinski definition) is 1. The Morgan fingerprint density at radius 3 is 2.03 bits per heavy atom. The zero-order valence-electron chi connectivity index (χ0n) is 19.0. The number of nitrogens with zero attached hydrogens (tertiary/aromatic N) is 1. The van der Waals surface area contributed by atoms with Crippen LogP contribution in [0.15, 0.2) is 36.4 Å². The van der Waals surface area contributed by atoms with Crippen LogP contribution in [-0.2, 0) is 0 Å². The van der Waals surface area contributed by atoms with Gasteiger partial charge in [-0.25, -0.2) is 0 Å².